The Labute approximate surface area is 135 Å². The van der Waals surface area contributed by atoms with Gasteiger partial charge in [-0.15, -0.1) is 0 Å². The highest BCUT2D eigenvalue weighted by Crippen LogP contribution is 2.28. The summed E-state index contributed by atoms with van der Waals surface area (Å²) < 4.78 is 34.1. The third-order valence-electron chi connectivity index (χ3n) is 3.33. The summed E-state index contributed by atoms with van der Waals surface area (Å²) in [5.41, 5.74) is 0.834. The second-order valence-corrected chi connectivity index (χ2v) is 5.98. The predicted octanol–water partition coefficient (Wildman–Crippen LogP) is 4.48. The van der Waals surface area contributed by atoms with E-state index in [0.29, 0.717) is 13.0 Å². The van der Waals surface area contributed by atoms with E-state index >= 15 is 0 Å². The van der Waals surface area contributed by atoms with Crippen LogP contribution < -0.4 is 0 Å². The van der Waals surface area contributed by atoms with Crippen molar-refractivity contribution in [2.24, 2.45) is 4.99 Å². The van der Waals surface area contributed by atoms with Gasteiger partial charge in [0.1, 0.15) is 17.2 Å². The number of hydrogen-bond acceptors (Lipinski definition) is 2. The molecule has 1 heterocycles. The number of benzene rings is 2. The van der Waals surface area contributed by atoms with Gasteiger partial charge < -0.3 is 4.74 Å². The van der Waals surface area contributed by atoms with E-state index in [1.165, 1.54) is 18.2 Å². The summed E-state index contributed by atoms with van der Waals surface area (Å²) in [7, 11) is 0. The molecule has 0 saturated carbocycles. The SMILES string of the molecule is Fc1cccc(F)c1C1=NC(c2ccc(I)cc2)CCO1. The van der Waals surface area contributed by atoms with Gasteiger partial charge in [0.2, 0.25) is 5.90 Å². The van der Waals surface area contributed by atoms with E-state index in [4.69, 9.17) is 4.74 Å². The second-order valence-electron chi connectivity index (χ2n) is 4.74. The molecular formula is C16H12F2INO. The van der Waals surface area contributed by atoms with E-state index in [9.17, 15) is 8.78 Å². The summed E-state index contributed by atoms with van der Waals surface area (Å²) in [5, 5.41) is 0. The fraction of sp³-hybridized carbons (Fsp3) is 0.188. The lowest BCUT2D eigenvalue weighted by Crippen LogP contribution is -2.20. The van der Waals surface area contributed by atoms with E-state index in [-0.39, 0.29) is 17.5 Å². The van der Waals surface area contributed by atoms with Crippen LogP contribution >= 0.6 is 22.6 Å². The molecule has 1 unspecified atom stereocenters. The normalized spacial score (nSPS) is 18.0. The molecule has 0 radical (unpaired) electrons. The Morgan fingerprint density at radius 3 is 2.38 bits per heavy atom. The molecule has 0 spiro atoms. The largest absolute Gasteiger partial charge is 0.477 e. The lowest BCUT2D eigenvalue weighted by atomic mass is 10.0. The highest BCUT2D eigenvalue weighted by Gasteiger charge is 2.23. The molecule has 0 aromatic heterocycles. The molecule has 2 aromatic carbocycles. The first-order chi connectivity index (χ1) is 10.1. The van der Waals surface area contributed by atoms with E-state index in [0.717, 1.165) is 9.13 Å². The van der Waals surface area contributed by atoms with E-state index in [1.807, 2.05) is 24.3 Å². The quantitative estimate of drug-likeness (QED) is 0.683. The topological polar surface area (TPSA) is 21.6 Å². The van der Waals surface area contributed by atoms with Gasteiger partial charge in [0.25, 0.3) is 0 Å². The van der Waals surface area contributed by atoms with Gasteiger partial charge in [-0.2, -0.15) is 0 Å². The van der Waals surface area contributed by atoms with Crippen LogP contribution in [-0.2, 0) is 4.74 Å². The van der Waals surface area contributed by atoms with Crippen LogP contribution in [-0.4, -0.2) is 12.5 Å². The average molecular weight is 399 g/mol. The maximum absolute atomic E-state index is 13.8. The van der Waals surface area contributed by atoms with Crippen LogP contribution in [0.15, 0.2) is 47.5 Å². The number of rotatable bonds is 2. The Hall–Kier alpha value is -1.50. The molecule has 1 atom stereocenters. The molecule has 21 heavy (non-hydrogen) atoms. The molecule has 3 rings (SSSR count). The monoisotopic (exact) mass is 399 g/mol. The molecule has 1 aliphatic heterocycles. The first-order valence-corrected chi connectivity index (χ1v) is 7.63. The van der Waals surface area contributed by atoms with Gasteiger partial charge in [-0.05, 0) is 52.4 Å². The van der Waals surface area contributed by atoms with Crippen molar-refractivity contribution in [3.05, 3.63) is 68.8 Å². The van der Waals surface area contributed by atoms with Crippen molar-refractivity contribution in [1.29, 1.82) is 0 Å². The van der Waals surface area contributed by atoms with E-state index in [1.54, 1.807) is 0 Å². The molecule has 108 valence electrons. The van der Waals surface area contributed by atoms with Gasteiger partial charge in [-0.3, -0.25) is 0 Å². The average Bonchev–Trinajstić information content (AvgIpc) is 2.48. The Bertz CT molecular complexity index is 665. The summed E-state index contributed by atoms with van der Waals surface area (Å²) in [5.74, 6) is -1.27. The number of hydrogen-bond donors (Lipinski definition) is 0. The van der Waals surface area contributed by atoms with Crippen molar-refractivity contribution in [3.63, 3.8) is 0 Å². The number of aliphatic imine (C=N–C) groups is 1. The summed E-state index contributed by atoms with van der Waals surface area (Å²) in [6.07, 6.45) is 0.695. The minimum absolute atomic E-state index is 0.0420. The first-order valence-electron chi connectivity index (χ1n) is 6.55. The highest BCUT2D eigenvalue weighted by atomic mass is 127. The summed E-state index contributed by atoms with van der Waals surface area (Å²) in [4.78, 5) is 4.39. The molecule has 0 amide bonds. The Morgan fingerprint density at radius 2 is 1.71 bits per heavy atom. The van der Waals surface area contributed by atoms with Crippen LogP contribution in [0, 0.1) is 15.2 Å². The van der Waals surface area contributed by atoms with E-state index < -0.39 is 11.6 Å². The number of ether oxygens (including phenoxy) is 1. The Balaban J connectivity index is 1.98. The molecule has 0 bridgehead atoms. The van der Waals surface area contributed by atoms with Gasteiger partial charge in [-0.25, -0.2) is 13.8 Å². The zero-order valence-electron chi connectivity index (χ0n) is 11.0. The van der Waals surface area contributed by atoms with Gasteiger partial charge in [-0.1, -0.05) is 18.2 Å². The number of nitrogens with zero attached hydrogens (tertiary/aromatic N) is 1. The molecule has 2 aromatic rings. The highest BCUT2D eigenvalue weighted by molar-refractivity contribution is 14.1. The van der Waals surface area contributed by atoms with Gasteiger partial charge >= 0.3 is 0 Å². The van der Waals surface area contributed by atoms with Crippen LogP contribution in [0.25, 0.3) is 0 Å². The minimum Gasteiger partial charge on any atom is -0.477 e. The zero-order chi connectivity index (χ0) is 14.8. The third-order valence-corrected chi connectivity index (χ3v) is 4.05. The molecule has 0 aliphatic carbocycles. The summed E-state index contributed by atoms with van der Waals surface area (Å²) in [6, 6.07) is 11.6. The van der Waals surface area contributed by atoms with Gasteiger partial charge in [0.15, 0.2) is 0 Å². The van der Waals surface area contributed by atoms with Crippen molar-refractivity contribution in [3.8, 4) is 0 Å². The van der Waals surface area contributed by atoms with Crippen molar-refractivity contribution in [2.75, 3.05) is 6.61 Å². The van der Waals surface area contributed by atoms with Crippen LogP contribution in [0.5, 0.6) is 0 Å². The molecule has 0 N–H and O–H groups in total. The minimum atomic E-state index is -0.656. The fourth-order valence-electron chi connectivity index (χ4n) is 2.28. The van der Waals surface area contributed by atoms with Crippen molar-refractivity contribution in [1.82, 2.24) is 0 Å². The lowest BCUT2D eigenvalue weighted by Gasteiger charge is -2.22. The molecule has 2 nitrogen and oxygen atoms in total. The zero-order valence-corrected chi connectivity index (χ0v) is 13.2. The standard InChI is InChI=1S/C16H12F2INO/c17-12-2-1-3-13(18)15(12)16-20-14(8-9-21-16)10-4-6-11(19)7-5-10/h1-7,14H,8-9H2. The Kier molecular flexibility index (Phi) is 4.19. The first kappa shape index (κ1) is 14.4. The molecule has 5 heteroatoms. The second kappa shape index (κ2) is 6.09. The van der Waals surface area contributed by atoms with Gasteiger partial charge in [0.05, 0.1) is 12.6 Å². The maximum Gasteiger partial charge on any atom is 0.222 e. The van der Waals surface area contributed by atoms with Crippen LogP contribution in [0.3, 0.4) is 0 Å². The van der Waals surface area contributed by atoms with Crippen LogP contribution in [0.4, 0.5) is 8.78 Å². The van der Waals surface area contributed by atoms with Crippen molar-refractivity contribution >= 4 is 28.5 Å². The molecular weight excluding hydrogens is 387 g/mol. The lowest BCUT2D eigenvalue weighted by molar-refractivity contribution is 0.260. The van der Waals surface area contributed by atoms with Crippen LogP contribution in [0.1, 0.15) is 23.6 Å². The molecule has 0 fully saturated rings. The third kappa shape index (κ3) is 3.07. The van der Waals surface area contributed by atoms with E-state index in [2.05, 4.69) is 27.6 Å². The predicted molar refractivity (Wildman–Crippen MR) is 85.4 cm³/mol. The molecule has 1 aliphatic rings. The fourth-order valence-corrected chi connectivity index (χ4v) is 2.64. The number of halogens is 3. The van der Waals surface area contributed by atoms with Crippen molar-refractivity contribution < 1.29 is 13.5 Å². The summed E-state index contributed by atoms with van der Waals surface area (Å²) in [6.45, 7) is 0.392. The summed E-state index contributed by atoms with van der Waals surface area (Å²) >= 11 is 2.23. The van der Waals surface area contributed by atoms with Crippen LogP contribution in [0.2, 0.25) is 0 Å². The molecule has 0 saturated heterocycles. The smallest absolute Gasteiger partial charge is 0.222 e. The maximum atomic E-state index is 13.8. The Morgan fingerprint density at radius 1 is 1.05 bits per heavy atom. The van der Waals surface area contributed by atoms with Gasteiger partial charge in [0, 0.05) is 9.99 Å². The van der Waals surface area contributed by atoms with Crippen molar-refractivity contribution in [2.45, 2.75) is 12.5 Å².